The third-order valence-corrected chi connectivity index (χ3v) is 9.31. The lowest BCUT2D eigenvalue weighted by molar-refractivity contribution is -0.136. The molecule has 1 aliphatic heterocycles. The predicted octanol–water partition coefficient (Wildman–Crippen LogP) is 4.28. The fraction of sp³-hybridized carbons (Fsp3) is 0.652. The zero-order valence-corrected chi connectivity index (χ0v) is 20.0. The van der Waals surface area contributed by atoms with Crippen LogP contribution in [0.3, 0.4) is 0 Å². The Hall–Kier alpha value is -1.54. The number of aromatic nitrogens is 2. The Labute approximate surface area is 189 Å². The minimum absolute atomic E-state index is 0.0348. The average Bonchev–Trinajstić information content (AvgIpc) is 3.46. The second kappa shape index (κ2) is 9.94. The molecular formula is C23H33N3O3S2. The molecule has 2 fully saturated rings. The average molecular weight is 464 g/mol. The van der Waals surface area contributed by atoms with Gasteiger partial charge in [-0.3, -0.25) is 4.79 Å². The van der Waals surface area contributed by atoms with Gasteiger partial charge in [0, 0.05) is 17.8 Å². The number of nitrogens with zero attached hydrogens (tertiary/aromatic N) is 3. The van der Waals surface area contributed by atoms with Crippen LogP contribution in [0, 0.1) is 0 Å². The number of thioether (sulfide) groups is 1. The van der Waals surface area contributed by atoms with Gasteiger partial charge in [0.05, 0.1) is 22.5 Å². The van der Waals surface area contributed by atoms with E-state index in [2.05, 4.69) is 6.92 Å². The summed E-state index contributed by atoms with van der Waals surface area (Å²) in [7, 11) is -3.04. The minimum atomic E-state index is -3.04. The molecule has 1 aliphatic carbocycles. The smallest absolute Gasteiger partial charge is 0.243 e. The quantitative estimate of drug-likeness (QED) is 0.410. The molecular weight excluding hydrogens is 430 g/mol. The van der Waals surface area contributed by atoms with E-state index in [-0.39, 0.29) is 36.0 Å². The van der Waals surface area contributed by atoms with Gasteiger partial charge in [0.25, 0.3) is 0 Å². The number of fused-ring (bicyclic) bond motifs is 1. The molecule has 4 rings (SSSR count). The fourth-order valence-electron chi connectivity index (χ4n) is 4.93. The molecule has 2 aliphatic rings. The summed E-state index contributed by atoms with van der Waals surface area (Å²) in [5.74, 6) is 1.32. The summed E-state index contributed by atoms with van der Waals surface area (Å²) in [6, 6.07) is 7.95. The molecule has 31 heavy (non-hydrogen) atoms. The molecule has 1 atom stereocenters. The van der Waals surface area contributed by atoms with E-state index in [9.17, 15) is 13.2 Å². The molecule has 1 aromatic carbocycles. The summed E-state index contributed by atoms with van der Waals surface area (Å²) in [4.78, 5) is 20.4. The second-order valence-corrected chi connectivity index (χ2v) is 12.1. The minimum Gasteiger partial charge on any atom is -0.334 e. The first-order valence-corrected chi connectivity index (χ1v) is 14.4. The number of sulfone groups is 1. The number of hydrogen-bond donors (Lipinski definition) is 0. The highest BCUT2D eigenvalue weighted by molar-refractivity contribution is 7.99. The third kappa shape index (κ3) is 5.28. The van der Waals surface area contributed by atoms with E-state index in [4.69, 9.17) is 4.98 Å². The summed E-state index contributed by atoms with van der Waals surface area (Å²) in [6.07, 6.45) is 8.24. The van der Waals surface area contributed by atoms with Crippen LogP contribution in [0.2, 0.25) is 0 Å². The zero-order chi connectivity index (χ0) is 21.8. The number of unbranched alkanes of at least 4 members (excludes halogenated alkanes) is 2. The van der Waals surface area contributed by atoms with Crippen molar-refractivity contribution >= 4 is 38.5 Å². The molecule has 8 heteroatoms. The van der Waals surface area contributed by atoms with Gasteiger partial charge >= 0.3 is 0 Å². The lowest BCUT2D eigenvalue weighted by Gasteiger charge is -2.34. The van der Waals surface area contributed by atoms with E-state index in [0.29, 0.717) is 6.42 Å². The van der Waals surface area contributed by atoms with Crippen LogP contribution in [0.5, 0.6) is 0 Å². The molecule has 1 amide bonds. The maximum absolute atomic E-state index is 13.6. The normalized spacial score (nSPS) is 21.1. The van der Waals surface area contributed by atoms with Crippen molar-refractivity contribution in [2.45, 2.75) is 82.1 Å². The van der Waals surface area contributed by atoms with Crippen LogP contribution >= 0.6 is 11.8 Å². The van der Waals surface area contributed by atoms with Gasteiger partial charge < -0.3 is 9.47 Å². The van der Waals surface area contributed by atoms with Gasteiger partial charge in [-0.15, -0.1) is 0 Å². The number of carbonyl (C=O) groups excluding carboxylic acids is 1. The Morgan fingerprint density at radius 2 is 1.94 bits per heavy atom. The summed E-state index contributed by atoms with van der Waals surface area (Å²) >= 11 is 1.72. The lowest BCUT2D eigenvalue weighted by Crippen LogP contribution is -2.48. The first-order valence-electron chi connectivity index (χ1n) is 11.6. The van der Waals surface area contributed by atoms with Crippen molar-refractivity contribution in [3.8, 4) is 0 Å². The number of benzene rings is 1. The standard InChI is InChI=1S/C23H33N3O3S2/c1-2-3-8-14-30-23-24-20-11-6-7-12-21(20)25(23)16-22(27)26(18-9-4-5-10-18)19-13-15-31(28,29)17-19/h6-7,11-12,18-19H,2-5,8-10,13-17H2,1H3. The largest absolute Gasteiger partial charge is 0.334 e. The first kappa shape index (κ1) is 22.6. The zero-order valence-electron chi connectivity index (χ0n) is 18.3. The van der Waals surface area contributed by atoms with E-state index in [1.807, 2.05) is 33.7 Å². The van der Waals surface area contributed by atoms with Gasteiger partial charge in [0.1, 0.15) is 6.54 Å². The second-order valence-electron chi connectivity index (χ2n) is 8.82. The Kier molecular flexibility index (Phi) is 7.26. The van der Waals surface area contributed by atoms with Crippen molar-refractivity contribution in [3.05, 3.63) is 24.3 Å². The fourth-order valence-corrected chi connectivity index (χ4v) is 7.66. The maximum atomic E-state index is 13.6. The Morgan fingerprint density at radius 3 is 2.65 bits per heavy atom. The van der Waals surface area contributed by atoms with Crippen molar-refractivity contribution in [2.75, 3.05) is 17.3 Å². The highest BCUT2D eigenvalue weighted by Crippen LogP contribution is 2.31. The van der Waals surface area contributed by atoms with Gasteiger partial charge in [-0.1, -0.05) is 56.5 Å². The van der Waals surface area contributed by atoms with Crippen LogP contribution in [0.4, 0.5) is 0 Å². The van der Waals surface area contributed by atoms with E-state index >= 15 is 0 Å². The number of imidazole rings is 1. The highest BCUT2D eigenvalue weighted by Gasteiger charge is 2.39. The molecule has 0 N–H and O–H groups in total. The number of rotatable bonds is 9. The molecule has 1 saturated carbocycles. The van der Waals surface area contributed by atoms with E-state index in [1.54, 1.807) is 11.8 Å². The molecule has 1 unspecified atom stereocenters. The monoisotopic (exact) mass is 463 g/mol. The molecule has 1 aromatic heterocycles. The van der Waals surface area contributed by atoms with E-state index in [1.165, 1.54) is 12.8 Å². The van der Waals surface area contributed by atoms with Crippen LogP contribution in [-0.2, 0) is 21.2 Å². The lowest BCUT2D eigenvalue weighted by atomic mass is 10.1. The Morgan fingerprint density at radius 1 is 1.16 bits per heavy atom. The molecule has 2 aromatic rings. The molecule has 0 radical (unpaired) electrons. The van der Waals surface area contributed by atoms with Crippen LogP contribution < -0.4 is 0 Å². The van der Waals surface area contributed by atoms with Crippen LogP contribution in [0.1, 0.15) is 58.3 Å². The number of hydrogen-bond acceptors (Lipinski definition) is 5. The van der Waals surface area contributed by atoms with E-state index < -0.39 is 9.84 Å². The van der Waals surface area contributed by atoms with Crippen molar-refractivity contribution in [2.24, 2.45) is 0 Å². The molecule has 1 saturated heterocycles. The van der Waals surface area contributed by atoms with Crippen LogP contribution in [0.15, 0.2) is 29.4 Å². The van der Waals surface area contributed by atoms with Gasteiger partial charge in [-0.2, -0.15) is 0 Å². The Bertz CT molecular complexity index is 1010. The van der Waals surface area contributed by atoms with Crippen LogP contribution in [0.25, 0.3) is 11.0 Å². The molecule has 170 valence electrons. The van der Waals surface area contributed by atoms with Gasteiger partial charge in [0.15, 0.2) is 15.0 Å². The maximum Gasteiger partial charge on any atom is 0.243 e. The number of carbonyl (C=O) groups is 1. The molecule has 0 bridgehead atoms. The summed E-state index contributed by atoms with van der Waals surface area (Å²) in [5.41, 5.74) is 1.88. The van der Waals surface area contributed by atoms with Gasteiger partial charge in [0.2, 0.25) is 5.91 Å². The van der Waals surface area contributed by atoms with Crippen molar-refractivity contribution in [3.63, 3.8) is 0 Å². The van der Waals surface area contributed by atoms with Crippen molar-refractivity contribution in [1.29, 1.82) is 0 Å². The van der Waals surface area contributed by atoms with Gasteiger partial charge in [-0.25, -0.2) is 13.4 Å². The summed E-state index contributed by atoms with van der Waals surface area (Å²) < 4.78 is 26.3. The number of para-hydroxylation sites is 2. The molecule has 6 nitrogen and oxygen atoms in total. The van der Waals surface area contributed by atoms with E-state index in [0.717, 1.165) is 54.0 Å². The number of amides is 1. The SMILES string of the molecule is CCCCCSc1nc2ccccc2n1CC(=O)N(C1CCCC1)C1CCS(=O)(=O)C1. The van der Waals surface area contributed by atoms with Gasteiger partial charge in [-0.05, 0) is 37.8 Å². The van der Waals surface area contributed by atoms with Crippen molar-refractivity contribution < 1.29 is 13.2 Å². The molecule has 2 heterocycles. The third-order valence-electron chi connectivity index (χ3n) is 6.50. The Balaban J connectivity index is 1.59. The summed E-state index contributed by atoms with van der Waals surface area (Å²) in [5, 5.41) is 0.885. The highest BCUT2D eigenvalue weighted by atomic mass is 32.2. The first-order chi connectivity index (χ1) is 15.0. The molecule has 0 spiro atoms. The predicted molar refractivity (Wildman–Crippen MR) is 126 cm³/mol. The summed E-state index contributed by atoms with van der Waals surface area (Å²) in [6.45, 7) is 2.42. The van der Waals surface area contributed by atoms with Crippen molar-refractivity contribution in [1.82, 2.24) is 14.5 Å². The van der Waals surface area contributed by atoms with Crippen LogP contribution in [-0.4, -0.2) is 58.1 Å². The topological polar surface area (TPSA) is 72.3 Å².